The van der Waals surface area contributed by atoms with Crippen molar-refractivity contribution in [3.63, 3.8) is 0 Å². The largest absolute Gasteiger partial charge is 0.313 e. The Morgan fingerprint density at radius 2 is 2.18 bits per heavy atom. The first-order chi connectivity index (χ1) is 8.20. The van der Waals surface area contributed by atoms with E-state index in [1.807, 2.05) is 0 Å². The van der Waals surface area contributed by atoms with Gasteiger partial charge >= 0.3 is 0 Å². The Hall–Kier alpha value is -0.120. The highest BCUT2D eigenvalue weighted by atomic mass is 15.3. The van der Waals surface area contributed by atoms with E-state index in [1.54, 1.807) is 0 Å². The third-order valence-corrected chi connectivity index (χ3v) is 4.46. The van der Waals surface area contributed by atoms with E-state index in [4.69, 9.17) is 0 Å². The van der Waals surface area contributed by atoms with Crippen LogP contribution in [0.25, 0.3) is 0 Å². The molecule has 2 atom stereocenters. The van der Waals surface area contributed by atoms with Crippen LogP contribution >= 0.6 is 0 Å². The van der Waals surface area contributed by atoms with Gasteiger partial charge in [-0.25, -0.2) is 0 Å². The molecule has 0 aromatic heterocycles. The Morgan fingerprint density at radius 1 is 1.35 bits per heavy atom. The van der Waals surface area contributed by atoms with Crippen LogP contribution in [0.15, 0.2) is 0 Å². The molecule has 2 fully saturated rings. The minimum Gasteiger partial charge on any atom is -0.313 e. The first-order valence-corrected chi connectivity index (χ1v) is 7.42. The second-order valence-electron chi connectivity index (χ2n) is 5.91. The smallest absolute Gasteiger partial charge is 0.0235 e. The molecule has 0 spiro atoms. The summed E-state index contributed by atoms with van der Waals surface area (Å²) in [7, 11) is 0. The zero-order valence-electron chi connectivity index (χ0n) is 11.8. The van der Waals surface area contributed by atoms with Crippen molar-refractivity contribution >= 4 is 0 Å². The molecule has 2 rings (SSSR count). The quantitative estimate of drug-likeness (QED) is 0.785. The fourth-order valence-electron chi connectivity index (χ4n) is 3.27. The number of likely N-dealkylation sites (tertiary alicyclic amines) is 1. The molecule has 2 unspecified atom stereocenters. The van der Waals surface area contributed by atoms with Gasteiger partial charge in [0.05, 0.1) is 0 Å². The molecule has 2 saturated heterocycles. The topological polar surface area (TPSA) is 18.5 Å². The van der Waals surface area contributed by atoms with Crippen LogP contribution in [0.5, 0.6) is 0 Å². The number of likely N-dealkylation sites (N-methyl/N-ethyl adjacent to an activating group) is 1. The Morgan fingerprint density at radius 3 is 2.71 bits per heavy atom. The Balaban J connectivity index is 1.81. The van der Waals surface area contributed by atoms with Crippen molar-refractivity contribution in [3.05, 3.63) is 0 Å². The third kappa shape index (κ3) is 3.43. The maximum absolute atomic E-state index is 3.62. The minimum absolute atomic E-state index is 0.711. The first-order valence-electron chi connectivity index (χ1n) is 7.42. The summed E-state index contributed by atoms with van der Waals surface area (Å²) in [6.45, 7) is 13.2. The van der Waals surface area contributed by atoms with E-state index in [0.29, 0.717) is 6.04 Å². The molecule has 2 heterocycles. The summed E-state index contributed by atoms with van der Waals surface area (Å²) >= 11 is 0. The summed E-state index contributed by atoms with van der Waals surface area (Å²) in [5, 5.41) is 3.62. The van der Waals surface area contributed by atoms with E-state index in [1.165, 1.54) is 52.0 Å². The minimum atomic E-state index is 0.711. The molecule has 0 radical (unpaired) electrons. The summed E-state index contributed by atoms with van der Waals surface area (Å²) in [5.74, 6) is 0. The van der Waals surface area contributed by atoms with Gasteiger partial charge in [-0.1, -0.05) is 6.92 Å². The molecule has 3 nitrogen and oxygen atoms in total. The van der Waals surface area contributed by atoms with Gasteiger partial charge in [-0.05, 0) is 46.2 Å². The van der Waals surface area contributed by atoms with Gasteiger partial charge in [0.25, 0.3) is 0 Å². The molecule has 0 aliphatic carbocycles. The van der Waals surface area contributed by atoms with E-state index in [-0.39, 0.29) is 0 Å². The highest BCUT2D eigenvalue weighted by Crippen LogP contribution is 2.19. The molecule has 3 heteroatoms. The number of rotatable bonds is 5. The highest BCUT2D eigenvalue weighted by Gasteiger charge is 2.29. The summed E-state index contributed by atoms with van der Waals surface area (Å²) in [6.07, 6.45) is 4.10. The van der Waals surface area contributed by atoms with Gasteiger partial charge in [0.2, 0.25) is 0 Å². The van der Waals surface area contributed by atoms with Gasteiger partial charge in [0.15, 0.2) is 0 Å². The molecule has 17 heavy (non-hydrogen) atoms. The predicted octanol–water partition coefficient (Wildman–Crippen LogP) is 1.54. The van der Waals surface area contributed by atoms with Crippen molar-refractivity contribution in [2.75, 3.05) is 32.7 Å². The van der Waals surface area contributed by atoms with Gasteiger partial charge in [-0.15, -0.1) is 0 Å². The normalized spacial score (nSPS) is 30.9. The number of nitrogens with zero attached hydrogens (tertiary/aromatic N) is 2. The van der Waals surface area contributed by atoms with Crippen molar-refractivity contribution in [2.24, 2.45) is 0 Å². The van der Waals surface area contributed by atoms with Gasteiger partial charge in [0.1, 0.15) is 0 Å². The first kappa shape index (κ1) is 13.3. The summed E-state index contributed by atoms with van der Waals surface area (Å²) in [5.41, 5.74) is 0. The standard InChI is InChI=1S/C14H29N3/c1-4-16(10-13-6-5-8-15-13)14-7-9-17(11-14)12(2)3/h12-15H,4-11H2,1-3H3. The number of hydrogen-bond acceptors (Lipinski definition) is 3. The molecule has 2 aliphatic heterocycles. The van der Waals surface area contributed by atoms with E-state index < -0.39 is 0 Å². The van der Waals surface area contributed by atoms with Crippen LogP contribution in [0.3, 0.4) is 0 Å². The summed E-state index contributed by atoms with van der Waals surface area (Å²) in [4.78, 5) is 5.32. The van der Waals surface area contributed by atoms with Crippen molar-refractivity contribution in [3.8, 4) is 0 Å². The zero-order chi connectivity index (χ0) is 12.3. The second kappa shape index (κ2) is 6.17. The van der Waals surface area contributed by atoms with Gasteiger partial charge < -0.3 is 5.32 Å². The van der Waals surface area contributed by atoms with Crippen LogP contribution in [0, 0.1) is 0 Å². The third-order valence-electron chi connectivity index (χ3n) is 4.46. The second-order valence-corrected chi connectivity index (χ2v) is 5.91. The van der Waals surface area contributed by atoms with Crippen LogP contribution in [-0.4, -0.2) is 60.6 Å². The van der Waals surface area contributed by atoms with Crippen molar-refractivity contribution < 1.29 is 0 Å². The molecule has 0 aromatic rings. The van der Waals surface area contributed by atoms with Crippen molar-refractivity contribution in [1.29, 1.82) is 0 Å². The molecule has 1 N–H and O–H groups in total. The highest BCUT2D eigenvalue weighted by molar-refractivity contribution is 4.87. The lowest BCUT2D eigenvalue weighted by atomic mass is 10.1. The molecule has 0 amide bonds. The monoisotopic (exact) mass is 239 g/mol. The maximum Gasteiger partial charge on any atom is 0.0235 e. The fourth-order valence-corrected chi connectivity index (χ4v) is 3.27. The van der Waals surface area contributed by atoms with Crippen LogP contribution in [-0.2, 0) is 0 Å². The maximum atomic E-state index is 3.62. The lowest BCUT2D eigenvalue weighted by Gasteiger charge is -2.30. The zero-order valence-corrected chi connectivity index (χ0v) is 11.8. The molecule has 0 bridgehead atoms. The summed E-state index contributed by atoms with van der Waals surface area (Å²) in [6, 6.07) is 2.26. The molecule has 100 valence electrons. The SMILES string of the molecule is CCN(CC1CCCN1)C1CCN(C(C)C)C1. The van der Waals surface area contributed by atoms with Crippen LogP contribution in [0.1, 0.15) is 40.0 Å². The molecule has 0 saturated carbocycles. The Kier molecular flexibility index (Phi) is 4.83. The molecule has 2 aliphatic rings. The lowest BCUT2D eigenvalue weighted by molar-refractivity contribution is 0.177. The van der Waals surface area contributed by atoms with Gasteiger partial charge in [-0.2, -0.15) is 0 Å². The van der Waals surface area contributed by atoms with Crippen LogP contribution < -0.4 is 5.32 Å². The van der Waals surface area contributed by atoms with Crippen LogP contribution in [0.2, 0.25) is 0 Å². The van der Waals surface area contributed by atoms with Gasteiger partial charge in [0, 0.05) is 37.8 Å². The van der Waals surface area contributed by atoms with E-state index in [0.717, 1.165) is 12.1 Å². The van der Waals surface area contributed by atoms with Crippen molar-refractivity contribution in [1.82, 2.24) is 15.1 Å². The van der Waals surface area contributed by atoms with Gasteiger partial charge in [-0.3, -0.25) is 9.80 Å². The lowest BCUT2D eigenvalue weighted by Crippen LogP contribution is -2.44. The van der Waals surface area contributed by atoms with Crippen molar-refractivity contribution in [2.45, 2.75) is 58.2 Å². The fraction of sp³-hybridized carbons (Fsp3) is 1.00. The summed E-state index contributed by atoms with van der Waals surface area (Å²) < 4.78 is 0. The average molecular weight is 239 g/mol. The molecule has 0 aromatic carbocycles. The molecular formula is C14H29N3. The molecular weight excluding hydrogens is 210 g/mol. The van der Waals surface area contributed by atoms with E-state index in [2.05, 4.69) is 35.9 Å². The average Bonchev–Trinajstić information content (AvgIpc) is 2.96. The Labute approximate surface area is 107 Å². The number of hydrogen-bond donors (Lipinski definition) is 1. The Bertz CT molecular complexity index is 224. The predicted molar refractivity (Wildman–Crippen MR) is 73.4 cm³/mol. The van der Waals surface area contributed by atoms with E-state index >= 15 is 0 Å². The number of nitrogens with one attached hydrogen (secondary N) is 1. The van der Waals surface area contributed by atoms with E-state index in [9.17, 15) is 0 Å². The van der Waals surface area contributed by atoms with Crippen LogP contribution in [0.4, 0.5) is 0 Å².